The Bertz CT molecular complexity index is 166. The van der Waals surface area contributed by atoms with Crippen LogP contribution in [0.5, 0.6) is 0 Å². The molecule has 0 aromatic heterocycles. The smallest absolute Gasteiger partial charge is 0.210 e. The van der Waals surface area contributed by atoms with Gasteiger partial charge in [-0.2, -0.15) is 0 Å². The topological polar surface area (TPSA) is 121 Å². The second-order valence-electron chi connectivity index (χ2n) is 2.30. The quantitative estimate of drug-likeness (QED) is 0.254. The van der Waals surface area contributed by atoms with Gasteiger partial charge in [-0.15, -0.1) is 0 Å². The summed E-state index contributed by atoms with van der Waals surface area (Å²) in [6.07, 6.45) is -8.48. The molecule has 12 heavy (non-hydrogen) atoms. The van der Waals surface area contributed by atoms with Crippen LogP contribution in [0.4, 0.5) is 0 Å². The summed E-state index contributed by atoms with van der Waals surface area (Å²) in [5, 5.41) is 48.4. The largest absolute Gasteiger partial charge is 0.394 e. The molecule has 6 nitrogen and oxygen atoms in total. The molecule has 0 heterocycles. The maximum atomic E-state index is 9.22. The molecule has 0 radical (unpaired) electrons. The van der Waals surface area contributed by atoms with Crippen LogP contribution in [0, 0.1) is 0 Å². The molecular formula is C6H14O6. The zero-order chi connectivity index (χ0) is 11.4. The molecule has 0 aromatic rings. The molecule has 0 aliphatic rings. The Labute approximate surface area is 72.2 Å². The van der Waals surface area contributed by atoms with E-state index in [-0.39, 0.29) is 0 Å². The molecule has 0 amide bonds. The summed E-state index contributed by atoms with van der Waals surface area (Å²) in [7, 11) is 0. The van der Waals surface area contributed by atoms with Gasteiger partial charge < -0.3 is 30.6 Å². The maximum Gasteiger partial charge on any atom is 0.210 e. The SMILES string of the molecule is [2H]OC[C@@H](O)[C@@]([2H])(O)[C@H](O)[C@H](O)CO. The Morgan fingerprint density at radius 1 is 1.08 bits per heavy atom. The number of aliphatic hydroxyl groups is 6. The van der Waals surface area contributed by atoms with Gasteiger partial charge in [0.1, 0.15) is 24.4 Å². The first-order chi connectivity index (χ1) is 6.37. The molecule has 0 saturated carbocycles. The zero-order valence-electron chi connectivity index (χ0n) is 8.29. The van der Waals surface area contributed by atoms with Crippen LogP contribution in [0.2, 0.25) is 0 Å². The maximum absolute atomic E-state index is 9.22. The second kappa shape index (κ2) is 5.41. The monoisotopic (exact) mass is 184 g/mol. The lowest BCUT2D eigenvalue weighted by Crippen LogP contribution is -2.46. The molecule has 74 valence electrons. The van der Waals surface area contributed by atoms with Crippen LogP contribution in [-0.4, -0.2) is 69.7 Å². The minimum Gasteiger partial charge on any atom is -0.394 e. The summed E-state index contributed by atoms with van der Waals surface area (Å²) in [5.74, 6) is 0. The van der Waals surface area contributed by atoms with Gasteiger partial charge >= 0.3 is 0 Å². The van der Waals surface area contributed by atoms with Crippen molar-refractivity contribution in [3.8, 4) is 0 Å². The first-order valence-corrected chi connectivity index (χ1v) is 3.33. The minimum atomic E-state index is -2.80. The molecule has 0 aliphatic carbocycles. The van der Waals surface area contributed by atoms with Crippen LogP contribution in [0.25, 0.3) is 0 Å². The average molecular weight is 184 g/mol. The summed E-state index contributed by atoms with van der Waals surface area (Å²) in [5.41, 5.74) is 0. The van der Waals surface area contributed by atoms with Crippen LogP contribution >= 0.6 is 0 Å². The van der Waals surface area contributed by atoms with Crippen molar-refractivity contribution in [2.45, 2.75) is 24.4 Å². The van der Waals surface area contributed by atoms with Crippen LogP contribution in [0.1, 0.15) is 1.37 Å². The molecule has 6 heteroatoms. The molecule has 0 saturated heterocycles. The first-order valence-electron chi connectivity index (χ1n) is 4.24. The van der Waals surface area contributed by atoms with E-state index in [1.807, 2.05) is 0 Å². The third-order valence-corrected chi connectivity index (χ3v) is 1.35. The third-order valence-electron chi connectivity index (χ3n) is 1.35. The van der Waals surface area contributed by atoms with Crippen molar-refractivity contribution >= 4 is 0 Å². The summed E-state index contributed by atoms with van der Waals surface area (Å²) < 4.78 is 13.4. The second-order valence-corrected chi connectivity index (χ2v) is 2.30. The van der Waals surface area contributed by atoms with Crippen molar-refractivity contribution in [3.05, 3.63) is 0 Å². The van der Waals surface area contributed by atoms with Crippen LogP contribution < -0.4 is 0 Å². The lowest BCUT2D eigenvalue weighted by atomic mass is 10.0. The lowest BCUT2D eigenvalue weighted by molar-refractivity contribution is -0.123. The zero-order valence-corrected chi connectivity index (χ0v) is 6.29. The van der Waals surface area contributed by atoms with Gasteiger partial charge in [-0.1, -0.05) is 0 Å². The third kappa shape index (κ3) is 3.02. The fourth-order valence-electron chi connectivity index (χ4n) is 0.579. The molecule has 6 N–H and O–H groups in total. The van der Waals surface area contributed by atoms with E-state index >= 15 is 0 Å². The van der Waals surface area contributed by atoms with Gasteiger partial charge in [-0.05, 0) is 0 Å². The van der Waals surface area contributed by atoms with Crippen molar-refractivity contribution in [3.63, 3.8) is 0 Å². The molecule has 0 aliphatic heterocycles. The van der Waals surface area contributed by atoms with Gasteiger partial charge in [0, 0.05) is 0 Å². The fourth-order valence-corrected chi connectivity index (χ4v) is 0.579. The highest BCUT2D eigenvalue weighted by atomic mass is 16.4. The van der Waals surface area contributed by atoms with Gasteiger partial charge in [0.25, 0.3) is 0 Å². The highest BCUT2D eigenvalue weighted by Crippen LogP contribution is 2.03. The van der Waals surface area contributed by atoms with E-state index in [9.17, 15) is 5.11 Å². The van der Waals surface area contributed by atoms with E-state index in [1.54, 1.807) is 0 Å². The summed E-state index contributed by atoms with van der Waals surface area (Å²) >= 11 is 0. The van der Waals surface area contributed by atoms with Crippen LogP contribution in [0.3, 0.4) is 0 Å². The summed E-state index contributed by atoms with van der Waals surface area (Å²) in [4.78, 5) is 0. The first kappa shape index (κ1) is 8.36. The number of hydrogen-bond acceptors (Lipinski definition) is 6. The predicted octanol–water partition coefficient (Wildman–Crippen LogP) is -3.59. The normalized spacial score (nSPS) is 26.4. The molecule has 0 aromatic carbocycles. The Balaban J connectivity index is 4.42. The van der Waals surface area contributed by atoms with Gasteiger partial charge in [0.2, 0.25) is 1.43 Å². The van der Waals surface area contributed by atoms with Gasteiger partial charge in [0.15, 0.2) is 0 Å². The van der Waals surface area contributed by atoms with Gasteiger partial charge in [-0.3, -0.25) is 0 Å². The Hall–Kier alpha value is -0.240. The summed E-state index contributed by atoms with van der Waals surface area (Å²) in [6.45, 7) is -1.56. The summed E-state index contributed by atoms with van der Waals surface area (Å²) in [6, 6.07) is 0. The Kier molecular flexibility index (Phi) is 3.77. The molecule has 0 rings (SSSR count). The van der Waals surface area contributed by atoms with Crippen LogP contribution in [-0.2, 0) is 0 Å². The molecule has 0 fully saturated rings. The van der Waals surface area contributed by atoms with Crippen LogP contribution in [0.15, 0.2) is 0 Å². The lowest BCUT2D eigenvalue weighted by Gasteiger charge is -2.24. The van der Waals surface area contributed by atoms with E-state index in [4.69, 9.17) is 23.2 Å². The molecular weight excluding hydrogens is 168 g/mol. The fraction of sp³-hybridized carbons (Fsp3) is 1.00. The predicted molar refractivity (Wildman–Crippen MR) is 38.2 cm³/mol. The number of rotatable bonds is 6. The minimum absolute atomic E-state index is 0.699. The average Bonchev–Trinajstić information content (AvgIpc) is 2.15. The van der Waals surface area contributed by atoms with Crippen molar-refractivity contribution in [1.82, 2.24) is 0 Å². The molecule has 0 spiro atoms. The van der Waals surface area contributed by atoms with Crippen molar-refractivity contribution in [1.29, 1.82) is 1.43 Å². The Morgan fingerprint density at radius 2 is 1.67 bits per heavy atom. The highest BCUT2D eigenvalue weighted by molar-refractivity contribution is 4.79. The van der Waals surface area contributed by atoms with Crippen molar-refractivity contribution < 1.29 is 32.0 Å². The van der Waals surface area contributed by atoms with E-state index in [2.05, 4.69) is 5.11 Å². The van der Waals surface area contributed by atoms with E-state index < -0.39 is 37.6 Å². The molecule has 4 atom stereocenters. The highest BCUT2D eigenvalue weighted by Gasteiger charge is 2.29. The Morgan fingerprint density at radius 3 is 2.08 bits per heavy atom. The van der Waals surface area contributed by atoms with Crippen molar-refractivity contribution in [2.24, 2.45) is 0 Å². The van der Waals surface area contributed by atoms with E-state index in [1.165, 1.54) is 0 Å². The number of aliphatic hydroxyl groups excluding tert-OH is 5. The van der Waals surface area contributed by atoms with Crippen molar-refractivity contribution in [2.75, 3.05) is 13.2 Å². The molecule has 0 unspecified atom stereocenters. The van der Waals surface area contributed by atoms with Gasteiger partial charge in [0.05, 0.1) is 14.6 Å². The number of hydrogen-bond donors (Lipinski definition) is 6. The van der Waals surface area contributed by atoms with E-state index in [0.717, 1.165) is 0 Å². The van der Waals surface area contributed by atoms with Gasteiger partial charge in [-0.25, -0.2) is 0 Å². The standard InChI is InChI=1S/C6H14O6/c7-1-3(9)5(11)6(12)4(10)2-8/h3-12H,1-2H2/t3-,4-,5-,6-/m1/s1/i5D,7D. The molecule has 0 bridgehead atoms. The van der Waals surface area contributed by atoms with E-state index in [0.29, 0.717) is 0 Å².